The van der Waals surface area contributed by atoms with Crippen LogP contribution in [-0.4, -0.2) is 58.2 Å². The van der Waals surface area contributed by atoms with Crippen molar-refractivity contribution in [3.05, 3.63) is 42.1 Å². The summed E-state index contributed by atoms with van der Waals surface area (Å²) >= 11 is 0. The maximum Gasteiger partial charge on any atom is 0.133 e. The number of hydrogen-bond donors (Lipinski definition) is 4. The van der Waals surface area contributed by atoms with Gasteiger partial charge in [-0.3, -0.25) is 5.10 Å². The van der Waals surface area contributed by atoms with E-state index < -0.39 is 5.82 Å². The monoisotopic (exact) mass is 396 g/mol. The molecule has 3 heterocycles. The number of halogens is 1. The van der Waals surface area contributed by atoms with E-state index in [0.29, 0.717) is 28.0 Å². The fourth-order valence-corrected chi connectivity index (χ4v) is 3.69. The predicted molar refractivity (Wildman–Crippen MR) is 109 cm³/mol. The molecule has 0 saturated carbocycles. The summed E-state index contributed by atoms with van der Waals surface area (Å²) in [4.78, 5) is 10.9. The number of H-pyrrole nitrogens is 1. The Hall–Kier alpha value is -3.17. The van der Waals surface area contributed by atoms with Crippen LogP contribution < -0.4 is 10.2 Å². The molecule has 0 unspecified atom stereocenters. The highest BCUT2D eigenvalue weighted by molar-refractivity contribution is 6.09. The SMILES string of the molecule is C[NH2+]/C=C(\C=N)c1cc2c(-c3cc(N4CC[C@@H](CO)C4)ncn3)n[nH]c2cc1F. The van der Waals surface area contributed by atoms with E-state index in [1.54, 1.807) is 17.6 Å². The second-order valence-electron chi connectivity index (χ2n) is 7.09. The number of aliphatic hydroxyl groups is 1. The van der Waals surface area contributed by atoms with Gasteiger partial charge in [-0.25, -0.2) is 14.4 Å². The molecule has 1 saturated heterocycles. The molecule has 0 bridgehead atoms. The van der Waals surface area contributed by atoms with Crippen molar-refractivity contribution in [3.8, 4) is 11.4 Å². The molecule has 4 rings (SSSR count). The first-order valence-corrected chi connectivity index (χ1v) is 9.51. The van der Waals surface area contributed by atoms with Crippen molar-refractivity contribution in [2.75, 3.05) is 31.6 Å². The maximum atomic E-state index is 14.6. The zero-order valence-corrected chi connectivity index (χ0v) is 16.1. The Kier molecular flexibility index (Phi) is 5.32. The fourth-order valence-electron chi connectivity index (χ4n) is 3.69. The summed E-state index contributed by atoms with van der Waals surface area (Å²) in [7, 11) is 1.82. The summed E-state index contributed by atoms with van der Waals surface area (Å²) in [6.07, 6.45) is 5.26. The van der Waals surface area contributed by atoms with E-state index in [-0.39, 0.29) is 12.5 Å². The van der Waals surface area contributed by atoms with Gasteiger partial charge in [0.1, 0.15) is 29.9 Å². The number of allylic oxidation sites excluding steroid dienone is 1. The van der Waals surface area contributed by atoms with Gasteiger partial charge in [-0.05, 0) is 12.5 Å². The van der Waals surface area contributed by atoms with Crippen LogP contribution in [0, 0.1) is 17.1 Å². The third kappa shape index (κ3) is 3.62. The minimum atomic E-state index is -0.417. The van der Waals surface area contributed by atoms with Gasteiger partial charge in [0.25, 0.3) is 0 Å². The molecule has 5 N–H and O–H groups in total. The van der Waals surface area contributed by atoms with Crippen molar-refractivity contribution in [3.63, 3.8) is 0 Å². The van der Waals surface area contributed by atoms with Crippen molar-refractivity contribution < 1.29 is 14.8 Å². The molecule has 1 aliphatic heterocycles. The molecular formula is C20H23FN7O+. The molecule has 0 amide bonds. The first kappa shape index (κ1) is 19.2. The molecule has 150 valence electrons. The zero-order valence-electron chi connectivity index (χ0n) is 16.1. The van der Waals surface area contributed by atoms with E-state index in [9.17, 15) is 9.50 Å². The van der Waals surface area contributed by atoms with Crippen LogP contribution in [0.3, 0.4) is 0 Å². The summed E-state index contributed by atoms with van der Waals surface area (Å²) < 4.78 is 14.6. The van der Waals surface area contributed by atoms with E-state index in [1.165, 1.54) is 12.4 Å². The van der Waals surface area contributed by atoms with Gasteiger partial charge in [0.15, 0.2) is 0 Å². The van der Waals surface area contributed by atoms with Crippen molar-refractivity contribution in [1.82, 2.24) is 20.2 Å². The smallest absolute Gasteiger partial charge is 0.133 e. The minimum absolute atomic E-state index is 0.171. The molecule has 0 spiro atoms. The predicted octanol–water partition coefficient (Wildman–Crippen LogP) is 1.16. The molecule has 1 aromatic carbocycles. The molecular weight excluding hydrogens is 373 g/mol. The average molecular weight is 396 g/mol. The van der Waals surface area contributed by atoms with Crippen LogP contribution in [0.5, 0.6) is 0 Å². The zero-order chi connectivity index (χ0) is 20.4. The van der Waals surface area contributed by atoms with Gasteiger partial charge in [-0.15, -0.1) is 0 Å². The van der Waals surface area contributed by atoms with Gasteiger partial charge >= 0.3 is 0 Å². The van der Waals surface area contributed by atoms with E-state index in [1.807, 2.05) is 13.1 Å². The van der Waals surface area contributed by atoms with E-state index in [2.05, 4.69) is 25.1 Å². The normalized spacial score (nSPS) is 17.3. The molecule has 29 heavy (non-hydrogen) atoms. The van der Waals surface area contributed by atoms with E-state index in [4.69, 9.17) is 5.41 Å². The molecule has 3 aromatic rings. The van der Waals surface area contributed by atoms with Gasteiger partial charge < -0.3 is 20.7 Å². The number of rotatable bonds is 6. The largest absolute Gasteiger partial charge is 0.396 e. The van der Waals surface area contributed by atoms with E-state index in [0.717, 1.165) is 36.9 Å². The number of quaternary nitrogens is 1. The van der Waals surface area contributed by atoms with Crippen LogP contribution in [0.2, 0.25) is 0 Å². The quantitative estimate of drug-likeness (QED) is 0.466. The Morgan fingerprint density at radius 3 is 3.00 bits per heavy atom. The summed E-state index contributed by atoms with van der Waals surface area (Å²) in [6, 6.07) is 4.96. The van der Waals surface area contributed by atoms with Crippen LogP contribution in [0.15, 0.2) is 30.7 Å². The van der Waals surface area contributed by atoms with Crippen LogP contribution in [0.4, 0.5) is 10.2 Å². The number of aliphatic hydroxyl groups excluding tert-OH is 1. The van der Waals surface area contributed by atoms with Crippen LogP contribution >= 0.6 is 0 Å². The first-order chi connectivity index (χ1) is 14.1. The summed E-state index contributed by atoms with van der Waals surface area (Å²) in [5.74, 6) is 0.622. The number of hydrogen-bond acceptors (Lipinski definition) is 6. The van der Waals surface area contributed by atoms with Crippen molar-refractivity contribution in [1.29, 1.82) is 5.41 Å². The highest BCUT2D eigenvalue weighted by Gasteiger charge is 2.24. The number of fused-ring (bicyclic) bond motifs is 1. The molecule has 0 radical (unpaired) electrons. The summed E-state index contributed by atoms with van der Waals surface area (Å²) in [5.41, 5.74) is 2.62. The van der Waals surface area contributed by atoms with Crippen molar-refractivity contribution >= 4 is 28.5 Å². The molecule has 0 aliphatic carbocycles. The fraction of sp³-hybridized carbons (Fsp3) is 0.300. The number of nitrogens with zero attached hydrogens (tertiary/aromatic N) is 4. The topological polar surface area (TPSA) is 118 Å². The Bertz CT molecular complexity index is 1080. The number of benzene rings is 1. The Balaban J connectivity index is 1.76. The molecule has 1 fully saturated rings. The van der Waals surface area contributed by atoms with Crippen LogP contribution in [-0.2, 0) is 0 Å². The number of nitrogens with one attached hydrogen (secondary N) is 2. The van der Waals surface area contributed by atoms with Gasteiger partial charge in [0.2, 0.25) is 0 Å². The van der Waals surface area contributed by atoms with Crippen molar-refractivity contribution in [2.24, 2.45) is 5.92 Å². The molecule has 1 aliphatic rings. The van der Waals surface area contributed by atoms with Gasteiger partial charge in [0.05, 0.1) is 23.8 Å². The number of aromatic nitrogens is 4. The van der Waals surface area contributed by atoms with Gasteiger partial charge in [0, 0.05) is 54.9 Å². The van der Waals surface area contributed by atoms with E-state index >= 15 is 0 Å². The Morgan fingerprint density at radius 1 is 1.41 bits per heavy atom. The van der Waals surface area contributed by atoms with Gasteiger partial charge in [-0.2, -0.15) is 5.10 Å². The van der Waals surface area contributed by atoms with Crippen molar-refractivity contribution in [2.45, 2.75) is 6.42 Å². The average Bonchev–Trinajstić information content (AvgIpc) is 3.38. The first-order valence-electron chi connectivity index (χ1n) is 9.51. The van der Waals surface area contributed by atoms with Crippen LogP contribution in [0.1, 0.15) is 12.0 Å². The highest BCUT2D eigenvalue weighted by Crippen LogP contribution is 2.31. The molecule has 9 heteroatoms. The number of aromatic amines is 1. The lowest BCUT2D eigenvalue weighted by atomic mass is 10.0. The summed E-state index contributed by atoms with van der Waals surface area (Å²) in [6.45, 7) is 1.76. The Morgan fingerprint density at radius 2 is 2.28 bits per heavy atom. The third-order valence-corrected chi connectivity index (χ3v) is 5.23. The van der Waals surface area contributed by atoms with Crippen LogP contribution in [0.25, 0.3) is 27.9 Å². The second kappa shape index (κ2) is 8.06. The third-order valence-electron chi connectivity index (χ3n) is 5.23. The lowest BCUT2D eigenvalue weighted by Crippen LogP contribution is -2.72. The lowest BCUT2D eigenvalue weighted by molar-refractivity contribution is -0.555. The minimum Gasteiger partial charge on any atom is -0.396 e. The van der Waals surface area contributed by atoms with Gasteiger partial charge in [-0.1, -0.05) is 0 Å². The molecule has 8 nitrogen and oxygen atoms in total. The maximum absolute atomic E-state index is 14.6. The standard InChI is InChI=1S/C20H22FN7O/c1-23-8-13(7-22)14-4-15-17(5-16(14)21)26-27-20(15)18-6-19(25-11-24-18)28-3-2-12(9-28)10-29/h4-8,11-12,22-23,29H,2-3,9-10H2,1H3,(H,26,27)/p+1/b13-8+,22-7?/t12-/m1/s1. The number of nitrogens with two attached hydrogens (primary N) is 1. The lowest BCUT2D eigenvalue weighted by Gasteiger charge is -2.17. The highest BCUT2D eigenvalue weighted by atomic mass is 19.1. The summed E-state index contributed by atoms with van der Waals surface area (Å²) in [5, 5.41) is 26.7. The molecule has 2 aromatic heterocycles. The Labute approximate surface area is 167 Å². The second-order valence-corrected chi connectivity index (χ2v) is 7.09. The molecule has 1 atom stereocenters. The number of anilines is 1.